The van der Waals surface area contributed by atoms with Gasteiger partial charge in [0.15, 0.2) is 0 Å². The lowest BCUT2D eigenvalue weighted by Crippen LogP contribution is -2.33. The Hall–Kier alpha value is -0.650. The van der Waals surface area contributed by atoms with Crippen LogP contribution >= 0.6 is 23.7 Å². The molecule has 2 fully saturated rings. The number of likely N-dealkylation sites (tertiary alicyclic amines) is 1. The Morgan fingerprint density at radius 3 is 2.77 bits per heavy atom. The maximum atomic E-state index is 12.9. The fourth-order valence-electron chi connectivity index (χ4n) is 3.78. The number of aromatic nitrogens is 1. The van der Waals surface area contributed by atoms with Gasteiger partial charge in [-0.1, -0.05) is 13.8 Å². The molecule has 1 aromatic rings. The first kappa shape index (κ1) is 17.7. The topological polar surface area (TPSA) is 59.2 Å². The number of nitrogens with zero attached hydrogens (tertiary/aromatic N) is 2. The molecule has 124 valence electrons. The Balaban J connectivity index is 0.00000176. The third kappa shape index (κ3) is 3.31. The molecule has 1 amide bonds. The number of carbonyl (C=O) groups is 1. The number of fused-ring (bicyclic) bond motifs is 1. The summed E-state index contributed by atoms with van der Waals surface area (Å²) in [5.41, 5.74) is 7.16. The molecule has 4 nitrogen and oxygen atoms in total. The number of rotatable bonds is 3. The second-order valence-electron chi connectivity index (χ2n) is 6.98. The van der Waals surface area contributed by atoms with E-state index < -0.39 is 0 Å². The zero-order valence-electron chi connectivity index (χ0n) is 13.5. The predicted molar refractivity (Wildman–Crippen MR) is 92.7 cm³/mol. The van der Waals surface area contributed by atoms with Gasteiger partial charge >= 0.3 is 0 Å². The molecule has 0 spiro atoms. The Bertz CT molecular complexity index is 545. The van der Waals surface area contributed by atoms with Crippen LogP contribution in [0, 0.1) is 24.7 Å². The Labute approximate surface area is 142 Å². The first-order valence-electron chi connectivity index (χ1n) is 7.97. The molecule has 3 unspecified atom stereocenters. The van der Waals surface area contributed by atoms with Crippen LogP contribution < -0.4 is 5.73 Å². The Morgan fingerprint density at radius 1 is 1.41 bits per heavy atom. The minimum absolute atomic E-state index is 0. The highest BCUT2D eigenvalue weighted by Crippen LogP contribution is 2.38. The minimum atomic E-state index is 0. The molecule has 2 N–H and O–H groups in total. The summed E-state index contributed by atoms with van der Waals surface area (Å²) in [4.78, 5) is 20.3. The van der Waals surface area contributed by atoms with Crippen molar-refractivity contribution in [3.05, 3.63) is 15.6 Å². The van der Waals surface area contributed by atoms with Gasteiger partial charge in [0.2, 0.25) is 0 Å². The second-order valence-corrected chi connectivity index (χ2v) is 8.19. The lowest BCUT2D eigenvalue weighted by atomic mass is 9.98. The van der Waals surface area contributed by atoms with Gasteiger partial charge in [0.05, 0.1) is 10.7 Å². The average molecular weight is 344 g/mol. The first-order chi connectivity index (χ1) is 9.95. The molecule has 0 bridgehead atoms. The SMILES string of the molecule is Cc1nc(CC(C)C)c(C(=O)N2CC3CCC(N)C3C2)s1.Cl. The van der Waals surface area contributed by atoms with Crippen LogP contribution in [0.1, 0.15) is 47.1 Å². The predicted octanol–water partition coefficient (Wildman–Crippen LogP) is 2.88. The molecular formula is C16H26ClN3OS. The van der Waals surface area contributed by atoms with Gasteiger partial charge in [0.25, 0.3) is 5.91 Å². The smallest absolute Gasteiger partial charge is 0.265 e. The summed E-state index contributed by atoms with van der Waals surface area (Å²) in [6.45, 7) is 8.04. The van der Waals surface area contributed by atoms with Gasteiger partial charge in [-0.05, 0) is 43.9 Å². The van der Waals surface area contributed by atoms with Crippen molar-refractivity contribution in [3.8, 4) is 0 Å². The van der Waals surface area contributed by atoms with Gasteiger partial charge in [-0.25, -0.2) is 4.98 Å². The van der Waals surface area contributed by atoms with Gasteiger partial charge in [-0.3, -0.25) is 4.79 Å². The second kappa shape index (κ2) is 6.85. The number of hydrogen-bond acceptors (Lipinski definition) is 4. The van der Waals surface area contributed by atoms with E-state index in [0.29, 0.717) is 17.8 Å². The standard InChI is InChI=1S/C16H25N3OS.ClH/c1-9(2)6-14-15(21-10(3)18-14)16(20)19-7-11-4-5-13(17)12(11)8-19;/h9,11-13H,4-8,17H2,1-3H3;1H. The molecule has 3 atom stereocenters. The fourth-order valence-corrected chi connectivity index (χ4v) is 4.69. The van der Waals surface area contributed by atoms with Gasteiger partial charge in [0.1, 0.15) is 4.88 Å². The fraction of sp³-hybridized carbons (Fsp3) is 0.750. The van der Waals surface area contributed by atoms with E-state index in [4.69, 9.17) is 5.73 Å². The maximum Gasteiger partial charge on any atom is 0.265 e. The van der Waals surface area contributed by atoms with E-state index >= 15 is 0 Å². The van der Waals surface area contributed by atoms with Crippen LogP contribution in [0.25, 0.3) is 0 Å². The van der Waals surface area contributed by atoms with Crippen molar-refractivity contribution in [1.29, 1.82) is 0 Å². The molecule has 22 heavy (non-hydrogen) atoms. The van der Waals surface area contributed by atoms with E-state index in [1.165, 1.54) is 6.42 Å². The van der Waals surface area contributed by atoms with Crippen molar-refractivity contribution in [2.24, 2.45) is 23.5 Å². The summed E-state index contributed by atoms with van der Waals surface area (Å²) in [5, 5.41) is 0.991. The quantitative estimate of drug-likeness (QED) is 0.918. The lowest BCUT2D eigenvalue weighted by Gasteiger charge is -2.18. The van der Waals surface area contributed by atoms with Crippen LogP contribution in [0.15, 0.2) is 0 Å². The minimum Gasteiger partial charge on any atom is -0.337 e. The highest BCUT2D eigenvalue weighted by Gasteiger charge is 2.43. The lowest BCUT2D eigenvalue weighted by molar-refractivity contribution is 0.0783. The molecule has 6 heteroatoms. The summed E-state index contributed by atoms with van der Waals surface area (Å²) in [5.74, 6) is 1.82. The summed E-state index contributed by atoms with van der Waals surface area (Å²) >= 11 is 1.55. The van der Waals surface area contributed by atoms with Crippen molar-refractivity contribution in [2.75, 3.05) is 13.1 Å². The zero-order valence-corrected chi connectivity index (χ0v) is 15.2. The highest BCUT2D eigenvalue weighted by atomic mass is 35.5. The van der Waals surface area contributed by atoms with Crippen molar-refractivity contribution in [1.82, 2.24) is 9.88 Å². The van der Waals surface area contributed by atoms with E-state index in [-0.39, 0.29) is 24.4 Å². The molecular weight excluding hydrogens is 318 g/mol. The van der Waals surface area contributed by atoms with Crippen LogP contribution in [-0.4, -0.2) is 34.9 Å². The maximum absolute atomic E-state index is 12.9. The summed E-state index contributed by atoms with van der Waals surface area (Å²) < 4.78 is 0. The largest absolute Gasteiger partial charge is 0.337 e. The molecule has 2 aliphatic rings. The van der Waals surface area contributed by atoms with Gasteiger partial charge in [-0.15, -0.1) is 23.7 Å². The Morgan fingerprint density at radius 2 is 2.14 bits per heavy atom. The number of nitrogens with two attached hydrogens (primary N) is 1. The number of hydrogen-bond donors (Lipinski definition) is 1. The number of thiazole rings is 1. The van der Waals surface area contributed by atoms with Crippen LogP contribution in [-0.2, 0) is 6.42 Å². The van der Waals surface area contributed by atoms with Crippen LogP contribution in [0.5, 0.6) is 0 Å². The molecule has 3 rings (SSSR count). The summed E-state index contributed by atoms with van der Waals surface area (Å²) in [7, 11) is 0. The monoisotopic (exact) mass is 343 g/mol. The first-order valence-corrected chi connectivity index (χ1v) is 8.78. The van der Waals surface area contributed by atoms with E-state index in [1.807, 2.05) is 11.8 Å². The molecule has 2 heterocycles. The van der Waals surface area contributed by atoms with Gasteiger partial charge in [0, 0.05) is 19.1 Å². The van der Waals surface area contributed by atoms with E-state index in [2.05, 4.69) is 18.8 Å². The molecule has 1 aliphatic heterocycles. The van der Waals surface area contributed by atoms with Crippen molar-refractivity contribution in [2.45, 2.75) is 46.1 Å². The number of amides is 1. The molecule has 1 saturated heterocycles. The molecule has 1 aromatic heterocycles. The molecule has 0 aromatic carbocycles. The van der Waals surface area contributed by atoms with E-state index in [1.54, 1.807) is 11.3 Å². The van der Waals surface area contributed by atoms with Crippen molar-refractivity contribution >= 4 is 29.7 Å². The number of aryl methyl sites for hydroxylation is 1. The van der Waals surface area contributed by atoms with Crippen molar-refractivity contribution < 1.29 is 4.79 Å². The van der Waals surface area contributed by atoms with E-state index in [9.17, 15) is 4.79 Å². The number of carbonyl (C=O) groups excluding carboxylic acids is 1. The average Bonchev–Trinajstić information content (AvgIpc) is 3.05. The van der Waals surface area contributed by atoms with Crippen LogP contribution in [0.4, 0.5) is 0 Å². The molecule has 1 aliphatic carbocycles. The highest BCUT2D eigenvalue weighted by molar-refractivity contribution is 7.13. The van der Waals surface area contributed by atoms with Crippen LogP contribution in [0.2, 0.25) is 0 Å². The molecule has 0 radical (unpaired) electrons. The van der Waals surface area contributed by atoms with Crippen LogP contribution in [0.3, 0.4) is 0 Å². The normalized spacial score (nSPS) is 27.1. The molecule has 1 saturated carbocycles. The Kier molecular flexibility index (Phi) is 5.51. The third-order valence-corrected chi connectivity index (χ3v) is 5.80. The summed E-state index contributed by atoms with van der Waals surface area (Å²) in [6.07, 6.45) is 3.18. The summed E-state index contributed by atoms with van der Waals surface area (Å²) in [6, 6.07) is 0.283. The van der Waals surface area contributed by atoms with Gasteiger partial charge < -0.3 is 10.6 Å². The zero-order chi connectivity index (χ0) is 15.1. The number of halogens is 1. The van der Waals surface area contributed by atoms with Gasteiger partial charge in [-0.2, -0.15) is 0 Å². The van der Waals surface area contributed by atoms with E-state index in [0.717, 1.165) is 41.5 Å². The van der Waals surface area contributed by atoms with Crippen molar-refractivity contribution in [3.63, 3.8) is 0 Å². The third-order valence-electron chi connectivity index (χ3n) is 4.80.